The summed E-state index contributed by atoms with van der Waals surface area (Å²) in [5, 5.41) is 0. The van der Waals surface area contributed by atoms with Crippen LogP contribution in [-0.2, 0) is 9.53 Å². The summed E-state index contributed by atoms with van der Waals surface area (Å²) in [6.45, 7) is 7.03. The van der Waals surface area contributed by atoms with Crippen molar-refractivity contribution in [2.24, 2.45) is 0 Å². The van der Waals surface area contributed by atoms with E-state index in [1.165, 1.54) is 7.11 Å². The van der Waals surface area contributed by atoms with E-state index in [1.807, 2.05) is 0 Å². The van der Waals surface area contributed by atoms with Crippen LogP contribution in [0.2, 0.25) is 0 Å². The first-order valence-electron chi connectivity index (χ1n) is 3.26. The lowest BCUT2D eigenvalue weighted by Gasteiger charge is -1.97. The number of carbonyl (C=O) groups excluding carboxylic acids is 1. The monoisotopic (exact) mass is 152 g/mol. The zero-order valence-corrected chi connectivity index (χ0v) is 6.67. The second-order valence-electron chi connectivity index (χ2n) is 1.96. The summed E-state index contributed by atoms with van der Waals surface area (Å²) in [5.74, 6) is -0.362. The third-order valence-electron chi connectivity index (χ3n) is 1.11. The highest BCUT2D eigenvalue weighted by molar-refractivity contribution is 5.87. The molecule has 0 aliphatic rings. The average Bonchev–Trinajstić information content (AvgIpc) is 2.03. The molecule has 0 aromatic rings. The zero-order valence-electron chi connectivity index (χ0n) is 6.67. The predicted octanol–water partition coefficient (Wildman–Crippen LogP) is 1.85. The SMILES string of the molecule is C=C/C=C/CC(=C)C(=O)OC. The quantitative estimate of drug-likeness (QED) is 0.349. The van der Waals surface area contributed by atoms with Gasteiger partial charge in [0.1, 0.15) is 0 Å². The minimum atomic E-state index is -0.362. The van der Waals surface area contributed by atoms with Gasteiger partial charge in [-0.25, -0.2) is 4.79 Å². The Morgan fingerprint density at radius 2 is 2.27 bits per heavy atom. The number of esters is 1. The number of rotatable bonds is 4. The van der Waals surface area contributed by atoms with E-state index in [2.05, 4.69) is 17.9 Å². The topological polar surface area (TPSA) is 26.3 Å². The number of ether oxygens (including phenoxy) is 1. The van der Waals surface area contributed by atoms with Crippen LogP contribution in [0.4, 0.5) is 0 Å². The Labute approximate surface area is 66.9 Å². The van der Waals surface area contributed by atoms with Gasteiger partial charge < -0.3 is 4.74 Å². The fraction of sp³-hybridized carbons (Fsp3) is 0.222. The van der Waals surface area contributed by atoms with Crippen LogP contribution in [0.3, 0.4) is 0 Å². The van der Waals surface area contributed by atoms with Gasteiger partial charge in [-0.3, -0.25) is 0 Å². The molecule has 0 spiro atoms. The molecule has 0 bridgehead atoms. The second kappa shape index (κ2) is 5.47. The summed E-state index contributed by atoms with van der Waals surface area (Å²) in [4.78, 5) is 10.7. The number of hydrogen-bond donors (Lipinski definition) is 0. The van der Waals surface area contributed by atoms with Crippen LogP contribution in [0, 0.1) is 0 Å². The van der Waals surface area contributed by atoms with Crippen LogP contribution in [0.25, 0.3) is 0 Å². The van der Waals surface area contributed by atoms with Gasteiger partial charge in [0.2, 0.25) is 0 Å². The lowest BCUT2D eigenvalue weighted by molar-refractivity contribution is -0.136. The van der Waals surface area contributed by atoms with E-state index in [9.17, 15) is 4.79 Å². The summed E-state index contributed by atoms with van der Waals surface area (Å²) in [6.07, 6.45) is 5.71. The summed E-state index contributed by atoms with van der Waals surface area (Å²) < 4.78 is 4.44. The lowest BCUT2D eigenvalue weighted by atomic mass is 10.2. The first-order chi connectivity index (χ1) is 5.22. The Morgan fingerprint density at radius 1 is 1.64 bits per heavy atom. The molecule has 0 rings (SSSR count). The standard InChI is InChI=1S/C9H12O2/c1-4-5-6-7-8(2)9(10)11-3/h4-6H,1-2,7H2,3H3/b6-5+. The second-order valence-corrected chi connectivity index (χ2v) is 1.96. The van der Waals surface area contributed by atoms with E-state index < -0.39 is 0 Å². The van der Waals surface area contributed by atoms with E-state index in [-0.39, 0.29) is 5.97 Å². The highest BCUT2D eigenvalue weighted by atomic mass is 16.5. The predicted molar refractivity (Wildman–Crippen MR) is 45.1 cm³/mol. The first-order valence-corrected chi connectivity index (χ1v) is 3.26. The van der Waals surface area contributed by atoms with Crippen molar-refractivity contribution in [3.63, 3.8) is 0 Å². The van der Waals surface area contributed by atoms with Crippen molar-refractivity contribution < 1.29 is 9.53 Å². The van der Waals surface area contributed by atoms with Crippen molar-refractivity contribution in [3.05, 3.63) is 37.0 Å². The van der Waals surface area contributed by atoms with Crippen LogP contribution >= 0.6 is 0 Å². The van der Waals surface area contributed by atoms with Crippen molar-refractivity contribution in [1.82, 2.24) is 0 Å². The normalized spacial score (nSPS) is 9.55. The smallest absolute Gasteiger partial charge is 0.333 e. The largest absolute Gasteiger partial charge is 0.466 e. The summed E-state index contributed by atoms with van der Waals surface area (Å²) in [6, 6.07) is 0. The van der Waals surface area contributed by atoms with Gasteiger partial charge in [-0.2, -0.15) is 0 Å². The molecule has 0 aromatic carbocycles. The highest BCUT2D eigenvalue weighted by Gasteiger charge is 2.02. The molecule has 2 heteroatoms. The van der Waals surface area contributed by atoms with E-state index in [0.717, 1.165) is 0 Å². The number of allylic oxidation sites excluding steroid dienone is 3. The molecule has 0 unspecified atom stereocenters. The van der Waals surface area contributed by atoms with Gasteiger partial charge in [0.15, 0.2) is 0 Å². The van der Waals surface area contributed by atoms with Gasteiger partial charge in [0.05, 0.1) is 7.11 Å². The molecule has 0 amide bonds. The molecule has 0 atom stereocenters. The van der Waals surface area contributed by atoms with Crippen LogP contribution in [-0.4, -0.2) is 13.1 Å². The molecule has 11 heavy (non-hydrogen) atoms. The van der Waals surface area contributed by atoms with Gasteiger partial charge >= 0.3 is 5.97 Å². The van der Waals surface area contributed by atoms with Crippen LogP contribution in [0.5, 0.6) is 0 Å². The van der Waals surface area contributed by atoms with Crippen molar-refractivity contribution in [2.75, 3.05) is 7.11 Å². The fourth-order valence-electron chi connectivity index (χ4n) is 0.534. The molecule has 0 fully saturated rings. The van der Waals surface area contributed by atoms with Crippen LogP contribution in [0.15, 0.2) is 37.0 Å². The molecular formula is C9H12O2. The Bertz CT molecular complexity index is 190. The van der Waals surface area contributed by atoms with E-state index in [1.54, 1.807) is 18.2 Å². The third kappa shape index (κ3) is 4.14. The van der Waals surface area contributed by atoms with Gasteiger partial charge in [-0.15, -0.1) is 0 Å². The minimum Gasteiger partial charge on any atom is -0.466 e. The molecule has 0 aromatic heterocycles. The maximum absolute atomic E-state index is 10.7. The van der Waals surface area contributed by atoms with Crippen molar-refractivity contribution in [2.45, 2.75) is 6.42 Å². The molecule has 60 valence electrons. The summed E-state index contributed by atoms with van der Waals surface area (Å²) >= 11 is 0. The van der Waals surface area contributed by atoms with Crippen molar-refractivity contribution in [1.29, 1.82) is 0 Å². The molecule has 0 N–H and O–H groups in total. The molecule has 2 nitrogen and oxygen atoms in total. The molecule has 0 saturated heterocycles. The number of methoxy groups -OCH3 is 1. The van der Waals surface area contributed by atoms with Gasteiger partial charge in [0, 0.05) is 5.57 Å². The van der Waals surface area contributed by atoms with Crippen LogP contribution < -0.4 is 0 Å². The number of hydrogen-bond acceptors (Lipinski definition) is 2. The summed E-state index contributed by atoms with van der Waals surface area (Å²) in [7, 11) is 1.34. The molecule has 0 heterocycles. The Hall–Kier alpha value is -1.31. The first kappa shape index (κ1) is 9.69. The lowest BCUT2D eigenvalue weighted by Crippen LogP contribution is -2.02. The molecular weight excluding hydrogens is 140 g/mol. The molecule has 0 aliphatic heterocycles. The molecule has 0 saturated carbocycles. The maximum Gasteiger partial charge on any atom is 0.333 e. The maximum atomic E-state index is 10.7. The molecule has 0 radical (unpaired) electrons. The van der Waals surface area contributed by atoms with Crippen LogP contribution in [0.1, 0.15) is 6.42 Å². The molecule has 0 aliphatic carbocycles. The Morgan fingerprint density at radius 3 is 2.73 bits per heavy atom. The van der Waals surface area contributed by atoms with Crippen molar-refractivity contribution in [3.8, 4) is 0 Å². The Kier molecular flexibility index (Phi) is 4.82. The van der Waals surface area contributed by atoms with E-state index in [4.69, 9.17) is 0 Å². The zero-order chi connectivity index (χ0) is 8.69. The minimum absolute atomic E-state index is 0.362. The third-order valence-corrected chi connectivity index (χ3v) is 1.11. The van der Waals surface area contributed by atoms with Crippen molar-refractivity contribution >= 4 is 5.97 Å². The summed E-state index contributed by atoms with van der Waals surface area (Å²) in [5.41, 5.74) is 0.450. The van der Waals surface area contributed by atoms with Gasteiger partial charge in [0.25, 0.3) is 0 Å². The number of carbonyl (C=O) groups is 1. The van der Waals surface area contributed by atoms with E-state index in [0.29, 0.717) is 12.0 Å². The van der Waals surface area contributed by atoms with Gasteiger partial charge in [-0.05, 0) is 6.42 Å². The average molecular weight is 152 g/mol. The van der Waals surface area contributed by atoms with E-state index >= 15 is 0 Å². The highest BCUT2D eigenvalue weighted by Crippen LogP contribution is 2.00. The van der Waals surface area contributed by atoms with Gasteiger partial charge in [-0.1, -0.05) is 31.4 Å². The fourth-order valence-corrected chi connectivity index (χ4v) is 0.534. The Balaban J connectivity index is 3.78.